The molecule has 0 aliphatic carbocycles. The minimum atomic E-state index is -0.126. The highest BCUT2D eigenvalue weighted by Gasteiger charge is 2.28. The summed E-state index contributed by atoms with van der Waals surface area (Å²) in [5.74, 6) is 1.24. The maximum absolute atomic E-state index is 9.50. The summed E-state index contributed by atoms with van der Waals surface area (Å²) in [6.45, 7) is 10.8. The Morgan fingerprint density at radius 1 is 0.952 bits per heavy atom. The lowest BCUT2D eigenvalue weighted by Gasteiger charge is -2.31. The largest absolute Gasteiger partial charge is 0.508 e. The van der Waals surface area contributed by atoms with Crippen LogP contribution in [0.1, 0.15) is 41.7 Å². The summed E-state index contributed by atoms with van der Waals surface area (Å²) in [6.07, 6.45) is 0. The molecule has 0 amide bonds. The molecule has 112 valence electrons. The molecule has 21 heavy (non-hydrogen) atoms. The van der Waals surface area contributed by atoms with Gasteiger partial charge in [-0.1, -0.05) is 26.0 Å². The molecule has 0 atom stereocenters. The second kappa shape index (κ2) is 5.44. The van der Waals surface area contributed by atoms with E-state index >= 15 is 0 Å². The zero-order valence-electron chi connectivity index (χ0n) is 13.7. The van der Waals surface area contributed by atoms with Crippen LogP contribution >= 0.6 is 0 Å². The van der Waals surface area contributed by atoms with Crippen molar-refractivity contribution < 1.29 is 9.84 Å². The highest BCUT2D eigenvalue weighted by molar-refractivity contribution is 5.54. The lowest BCUT2D eigenvalue weighted by Crippen LogP contribution is -2.22. The number of methoxy groups -OCH3 is 1. The SMILES string of the molecule is COc1cc(C)c(C(C)(C)c2ccc(O)cc2)c(C)c1C. The molecule has 0 heterocycles. The average Bonchev–Trinajstić information content (AvgIpc) is 2.43. The molecule has 2 heteroatoms. The minimum Gasteiger partial charge on any atom is -0.508 e. The number of phenols is 1. The van der Waals surface area contributed by atoms with Gasteiger partial charge < -0.3 is 9.84 Å². The third kappa shape index (κ3) is 2.63. The van der Waals surface area contributed by atoms with Crippen LogP contribution in [0.15, 0.2) is 30.3 Å². The van der Waals surface area contributed by atoms with Gasteiger partial charge in [0.1, 0.15) is 11.5 Å². The molecule has 0 aliphatic rings. The average molecular weight is 284 g/mol. The number of rotatable bonds is 3. The predicted octanol–water partition coefficient (Wildman–Crippen LogP) is 4.65. The molecule has 2 aromatic carbocycles. The Morgan fingerprint density at radius 2 is 1.52 bits per heavy atom. The summed E-state index contributed by atoms with van der Waals surface area (Å²) < 4.78 is 5.46. The molecule has 0 aromatic heterocycles. The van der Waals surface area contributed by atoms with Gasteiger partial charge in [0, 0.05) is 5.41 Å². The summed E-state index contributed by atoms with van der Waals surface area (Å²) >= 11 is 0. The van der Waals surface area contributed by atoms with Crippen molar-refractivity contribution in [2.45, 2.75) is 40.0 Å². The van der Waals surface area contributed by atoms with Crippen molar-refractivity contribution in [1.82, 2.24) is 0 Å². The Balaban J connectivity index is 2.64. The molecular weight excluding hydrogens is 260 g/mol. The Labute approximate surface area is 127 Å². The molecule has 0 spiro atoms. The summed E-state index contributed by atoms with van der Waals surface area (Å²) in [7, 11) is 1.71. The van der Waals surface area contributed by atoms with Gasteiger partial charge in [-0.15, -0.1) is 0 Å². The second-order valence-electron chi connectivity index (χ2n) is 6.19. The number of aryl methyl sites for hydroxylation is 1. The highest BCUT2D eigenvalue weighted by Crippen LogP contribution is 2.39. The minimum absolute atomic E-state index is 0.126. The molecule has 0 bridgehead atoms. The van der Waals surface area contributed by atoms with Gasteiger partial charge in [0.25, 0.3) is 0 Å². The third-order valence-corrected chi connectivity index (χ3v) is 4.48. The van der Waals surface area contributed by atoms with Gasteiger partial charge in [-0.05, 0) is 66.8 Å². The van der Waals surface area contributed by atoms with Gasteiger partial charge in [0.2, 0.25) is 0 Å². The van der Waals surface area contributed by atoms with Crippen LogP contribution in [0.25, 0.3) is 0 Å². The fourth-order valence-electron chi connectivity index (χ4n) is 3.24. The first-order valence-corrected chi connectivity index (χ1v) is 7.23. The van der Waals surface area contributed by atoms with Crippen molar-refractivity contribution in [2.75, 3.05) is 7.11 Å². The van der Waals surface area contributed by atoms with Crippen LogP contribution in [0.4, 0.5) is 0 Å². The lowest BCUT2D eigenvalue weighted by molar-refractivity contribution is 0.410. The first-order valence-electron chi connectivity index (χ1n) is 7.23. The summed E-state index contributed by atoms with van der Waals surface area (Å²) in [5.41, 5.74) is 6.07. The van der Waals surface area contributed by atoms with Gasteiger partial charge in [-0.3, -0.25) is 0 Å². The molecule has 0 fully saturated rings. The van der Waals surface area contributed by atoms with Crippen LogP contribution in [0.2, 0.25) is 0 Å². The van der Waals surface area contributed by atoms with Crippen LogP contribution in [-0.2, 0) is 5.41 Å². The van der Waals surface area contributed by atoms with Crippen molar-refractivity contribution in [1.29, 1.82) is 0 Å². The van der Waals surface area contributed by atoms with Crippen LogP contribution < -0.4 is 4.74 Å². The molecule has 0 aliphatic heterocycles. The summed E-state index contributed by atoms with van der Waals surface area (Å²) in [5, 5.41) is 9.50. The number of hydrogen-bond donors (Lipinski definition) is 1. The van der Waals surface area contributed by atoms with E-state index in [2.05, 4.69) is 40.7 Å². The number of benzene rings is 2. The third-order valence-electron chi connectivity index (χ3n) is 4.48. The Kier molecular flexibility index (Phi) is 3.99. The van der Waals surface area contributed by atoms with E-state index in [1.165, 1.54) is 27.8 Å². The van der Waals surface area contributed by atoms with Crippen molar-refractivity contribution in [3.05, 3.63) is 58.1 Å². The van der Waals surface area contributed by atoms with E-state index in [9.17, 15) is 5.11 Å². The van der Waals surface area contributed by atoms with E-state index in [0.29, 0.717) is 5.75 Å². The Hall–Kier alpha value is -1.96. The van der Waals surface area contributed by atoms with Gasteiger partial charge in [-0.25, -0.2) is 0 Å². The van der Waals surface area contributed by atoms with E-state index < -0.39 is 0 Å². The van der Waals surface area contributed by atoms with Crippen LogP contribution in [0.3, 0.4) is 0 Å². The van der Waals surface area contributed by atoms with Crippen LogP contribution in [0, 0.1) is 20.8 Å². The fraction of sp³-hybridized carbons (Fsp3) is 0.368. The van der Waals surface area contributed by atoms with Crippen molar-refractivity contribution in [3.63, 3.8) is 0 Å². The smallest absolute Gasteiger partial charge is 0.122 e. The quantitative estimate of drug-likeness (QED) is 0.888. The normalized spacial score (nSPS) is 11.5. The summed E-state index contributed by atoms with van der Waals surface area (Å²) in [4.78, 5) is 0. The topological polar surface area (TPSA) is 29.5 Å². The molecule has 0 saturated heterocycles. The summed E-state index contributed by atoms with van der Waals surface area (Å²) in [6, 6.07) is 9.59. The lowest BCUT2D eigenvalue weighted by atomic mass is 9.73. The monoisotopic (exact) mass is 284 g/mol. The highest BCUT2D eigenvalue weighted by atomic mass is 16.5. The molecule has 0 radical (unpaired) electrons. The molecular formula is C19H24O2. The van der Waals surface area contributed by atoms with Crippen LogP contribution in [-0.4, -0.2) is 12.2 Å². The van der Waals surface area contributed by atoms with Gasteiger partial charge in [0.15, 0.2) is 0 Å². The maximum Gasteiger partial charge on any atom is 0.122 e. The van der Waals surface area contributed by atoms with E-state index in [-0.39, 0.29) is 5.41 Å². The zero-order valence-corrected chi connectivity index (χ0v) is 13.7. The number of ether oxygens (including phenoxy) is 1. The molecule has 2 aromatic rings. The zero-order chi connectivity index (χ0) is 15.8. The molecule has 2 nitrogen and oxygen atoms in total. The molecule has 0 saturated carbocycles. The van der Waals surface area contributed by atoms with E-state index in [1.54, 1.807) is 19.2 Å². The van der Waals surface area contributed by atoms with Gasteiger partial charge in [0.05, 0.1) is 7.11 Å². The number of hydrogen-bond acceptors (Lipinski definition) is 2. The predicted molar refractivity (Wildman–Crippen MR) is 87.4 cm³/mol. The molecule has 1 N–H and O–H groups in total. The van der Waals surface area contributed by atoms with Crippen molar-refractivity contribution in [3.8, 4) is 11.5 Å². The standard InChI is InChI=1S/C19H24O2/c1-12-11-17(21-6)13(2)14(3)18(12)19(4,5)15-7-9-16(20)10-8-15/h7-11,20H,1-6H3. The van der Waals surface area contributed by atoms with Gasteiger partial charge >= 0.3 is 0 Å². The Bertz CT molecular complexity index is 652. The maximum atomic E-state index is 9.50. The molecule has 2 rings (SSSR count). The van der Waals surface area contributed by atoms with E-state index in [0.717, 1.165) is 5.75 Å². The second-order valence-corrected chi connectivity index (χ2v) is 6.19. The van der Waals surface area contributed by atoms with Crippen LogP contribution in [0.5, 0.6) is 11.5 Å². The number of aromatic hydroxyl groups is 1. The first kappa shape index (κ1) is 15.4. The van der Waals surface area contributed by atoms with Crippen molar-refractivity contribution >= 4 is 0 Å². The van der Waals surface area contributed by atoms with E-state index in [4.69, 9.17) is 4.74 Å². The van der Waals surface area contributed by atoms with Crippen molar-refractivity contribution in [2.24, 2.45) is 0 Å². The number of phenolic OH excluding ortho intramolecular Hbond substituents is 1. The Morgan fingerprint density at radius 3 is 2.05 bits per heavy atom. The molecule has 0 unspecified atom stereocenters. The van der Waals surface area contributed by atoms with Gasteiger partial charge in [-0.2, -0.15) is 0 Å². The first-order chi connectivity index (χ1) is 9.78. The van der Waals surface area contributed by atoms with E-state index in [1.807, 2.05) is 12.1 Å². The fourth-order valence-corrected chi connectivity index (χ4v) is 3.24.